The third-order valence-corrected chi connectivity index (χ3v) is 5.17. The van der Waals surface area contributed by atoms with Gasteiger partial charge in [0, 0.05) is 20.1 Å². The lowest BCUT2D eigenvalue weighted by molar-refractivity contribution is 0.922. The molecule has 20 heavy (non-hydrogen) atoms. The highest BCUT2D eigenvalue weighted by Gasteiger charge is 2.14. The number of hydrogen-bond donors (Lipinski definition) is 0. The Morgan fingerprint density at radius 1 is 0.450 bits per heavy atom. The summed E-state index contributed by atoms with van der Waals surface area (Å²) in [6.07, 6.45) is 3.20. The van der Waals surface area contributed by atoms with Gasteiger partial charge in [0.05, 0.1) is 0 Å². The SMILES string of the molecule is Clc1cc2c(Cl)cc1CCc1cc(Cl)c(cc1Cl)CC2. The average Bonchev–Trinajstić information content (AvgIpc) is 2.40. The molecule has 0 aliphatic heterocycles. The van der Waals surface area contributed by atoms with E-state index in [1.807, 2.05) is 24.3 Å². The Kier molecular flexibility index (Phi) is 4.19. The standard InChI is InChI=1S/C16H12Cl4/c17-13-7-11-3-4-12-8-15(19)10(6-16(12)20)2-1-9(13)5-14(11)18/h5-8H,1-4H2. The normalized spacial score (nSPS) is 14.2. The van der Waals surface area contributed by atoms with Crippen LogP contribution in [0, 0.1) is 0 Å². The minimum absolute atomic E-state index is 0.779. The molecule has 0 radical (unpaired) electrons. The summed E-state index contributed by atoms with van der Waals surface area (Å²) in [5, 5.41) is 3.12. The van der Waals surface area contributed by atoms with E-state index in [1.54, 1.807) is 0 Å². The molecule has 4 aliphatic carbocycles. The summed E-state index contributed by atoms with van der Waals surface area (Å²) in [7, 11) is 0. The molecule has 0 saturated carbocycles. The zero-order valence-electron chi connectivity index (χ0n) is 10.6. The third-order valence-electron chi connectivity index (χ3n) is 3.76. The molecule has 0 N–H and O–H groups in total. The molecule has 0 saturated heterocycles. The topological polar surface area (TPSA) is 0 Å². The molecular formula is C16H12Cl4. The highest BCUT2D eigenvalue weighted by Crippen LogP contribution is 2.32. The summed E-state index contributed by atoms with van der Waals surface area (Å²) >= 11 is 25.3. The first-order chi connectivity index (χ1) is 9.54. The van der Waals surface area contributed by atoms with Crippen molar-refractivity contribution in [3.8, 4) is 0 Å². The van der Waals surface area contributed by atoms with E-state index in [0.29, 0.717) is 0 Å². The number of aryl methyl sites for hydroxylation is 4. The first-order valence-corrected chi connectivity index (χ1v) is 7.99. The van der Waals surface area contributed by atoms with Gasteiger partial charge in [0.2, 0.25) is 0 Å². The minimum atomic E-state index is 0.779. The number of hydrogen-bond acceptors (Lipinski definition) is 0. The van der Waals surface area contributed by atoms with Gasteiger partial charge in [-0.2, -0.15) is 0 Å². The molecule has 0 fully saturated rings. The van der Waals surface area contributed by atoms with Crippen molar-refractivity contribution >= 4 is 46.4 Å². The predicted octanol–water partition coefficient (Wildman–Crippen LogP) is 6.18. The molecular weight excluding hydrogens is 334 g/mol. The van der Waals surface area contributed by atoms with E-state index >= 15 is 0 Å². The maximum Gasteiger partial charge on any atom is 0.0441 e. The van der Waals surface area contributed by atoms with Crippen molar-refractivity contribution in [3.63, 3.8) is 0 Å². The first-order valence-electron chi connectivity index (χ1n) is 6.48. The van der Waals surface area contributed by atoms with E-state index < -0.39 is 0 Å². The molecule has 0 atom stereocenters. The van der Waals surface area contributed by atoms with Gasteiger partial charge in [-0.15, -0.1) is 0 Å². The Labute approximate surface area is 138 Å². The summed E-state index contributed by atoms with van der Waals surface area (Å²) < 4.78 is 0. The summed E-state index contributed by atoms with van der Waals surface area (Å²) in [4.78, 5) is 0. The highest BCUT2D eigenvalue weighted by atomic mass is 35.5. The lowest BCUT2D eigenvalue weighted by Crippen LogP contribution is -2.01. The molecule has 4 bridgehead atoms. The Morgan fingerprint density at radius 2 is 0.650 bits per heavy atom. The minimum Gasteiger partial charge on any atom is -0.0840 e. The van der Waals surface area contributed by atoms with Crippen molar-refractivity contribution in [1.29, 1.82) is 0 Å². The van der Waals surface area contributed by atoms with Crippen LogP contribution in [0.2, 0.25) is 20.1 Å². The number of halogens is 4. The largest absolute Gasteiger partial charge is 0.0840 e. The molecule has 4 aliphatic rings. The molecule has 0 nitrogen and oxygen atoms in total. The summed E-state index contributed by atoms with van der Waals surface area (Å²) in [6.45, 7) is 0. The molecule has 104 valence electrons. The Hall–Kier alpha value is -0.400. The van der Waals surface area contributed by atoms with Crippen LogP contribution in [-0.2, 0) is 25.7 Å². The van der Waals surface area contributed by atoms with Crippen molar-refractivity contribution in [2.75, 3.05) is 0 Å². The van der Waals surface area contributed by atoms with Gasteiger partial charge in [-0.1, -0.05) is 46.4 Å². The van der Waals surface area contributed by atoms with Crippen LogP contribution >= 0.6 is 46.4 Å². The van der Waals surface area contributed by atoms with E-state index in [0.717, 1.165) is 68.0 Å². The summed E-state index contributed by atoms with van der Waals surface area (Å²) in [6, 6.07) is 7.90. The molecule has 0 spiro atoms. The van der Waals surface area contributed by atoms with Gasteiger partial charge in [0.25, 0.3) is 0 Å². The predicted molar refractivity (Wildman–Crippen MR) is 87.7 cm³/mol. The Bertz CT molecular complexity index is 558. The van der Waals surface area contributed by atoms with Crippen LogP contribution in [0.3, 0.4) is 0 Å². The van der Waals surface area contributed by atoms with Gasteiger partial charge in [-0.25, -0.2) is 0 Å². The second kappa shape index (κ2) is 5.77. The number of benzene rings is 2. The maximum absolute atomic E-state index is 6.34. The second-order valence-electron chi connectivity index (χ2n) is 5.07. The van der Waals surface area contributed by atoms with E-state index in [9.17, 15) is 0 Å². The molecule has 6 rings (SSSR count). The van der Waals surface area contributed by atoms with Crippen LogP contribution in [0.1, 0.15) is 22.3 Å². The molecule has 2 aromatic rings. The monoisotopic (exact) mass is 344 g/mol. The van der Waals surface area contributed by atoms with Gasteiger partial charge in [-0.3, -0.25) is 0 Å². The van der Waals surface area contributed by atoms with Crippen LogP contribution in [0.25, 0.3) is 0 Å². The number of rotatable bonds is 0. The van der Waals surface area contributed by atoms with Gasteiger partial charge in [-0.05, 0) is 72.2 Å². The quantitative estimate of drug-likeness (QED) is 0.534. The van der Waals surface area contributed by atoms with Crippen molar-refractivity contribution < 1.29 is 0 Å². The third kappa shape index (κ3) is 2.80. The molecule has 0 heterocycles. The van der Waals surface area contributed by atoms with Crippen molar-refractivity contribution in [2.45, 2.75) is 25.7 Å². The van der Waals surface area contributed by atoms with Crippen molar-refractivity contribution in [2.24, 2.45) is 0 Å². The smallest absolute Gasteiger partial charge is 0.0441 e. The van der Waals surface area contributed by atoms with Crippen molar-refractivity contribution in [3.05, 3.63) is 66.6 Å². The molecule has 0 aromatic heterocycles. The maximum atomic E-state index is 6.34. The zero-order valence-corrected chi connectivity index (χ0v) is 13.7. The van der Waals surface area contributed by atoms with Crippen LogP contribution < -0.4 is 0 Å². The van der Waals surface area contributed by atoms with Gasteiger partial charge in [0.1, 0.15) is 0 Å². The van der Waals surface area contributed by atoms with E-state index in [-0.39, 0.29) is 0 Å². The van der Waals surface area contributed by atoms with Crippen LogP contribution in [0.15, 0.2) is 24.3 Å². The lowest BCUT2D eigenvalue weighted by Gasteiger charge is -2.15. The highest BCUT2D eigenvalue weighted by molar-refractivity contribution is 6.35. The van der Waals surface area contributed by atoms with Gasteiger partial charge < -0.3 is 0 Å². The molecule has 2 aromatic carbocycles. The fourth-order valence-corrected chi connectivity index (χ4v) is 3.69. The van der Waals surface area contributed by atoms with Crippen LogP contribution in [0.5, 0.6) is 0 Å². The Morgan fingerprint density at radius 3 is 0.850 bits per heavy atom. The van der Waals surface area contributed by atoms with Gasteiger partial charge >= 0.3 is 0 Å². The molecule has 0 amide bonds. The van der Waals surface area contributed by atoms with Crippen LogP contribution in [-0.4, -0.2) is 0 Å². The van der Waals surface area contributed by atoms with Crippen LogP contribution in [0.4, 0.5) is 0 Å². The fourth-order valence-electron chi connectivity index (χ4n) is 2.56. The van der Waals surface area contributed by atoms with E-state index in [4.69, 9.17) is 46.4 Å². The summed E-state index contributed by atoms with van der Waals surface area (Å²) in [5.74, 6) is 0. The average molecular weight is 346 g/mol. The second-order valence-corrected chi connectivity index (χ2v) is 6.70. The lowest BCUT2D eigenvalue weighted by atomic mass is 9.96. The van der Waals surface area contributed by atoms with E-state index in [2.05, 4.69) is 0 Å². The molecule has 0 unspecified atom stereocenters. The van der Waals surface area contributed by atoms with E-state index in [1.165, 1.54) is 0 Å². The first kappa shape index (κ1) is 14.5. The zero-order chi connectivity index (χ0) is 14.3. The molecule has 4 heteroatoms. The fraction of sp³-hybridized carbons (Fsp3) is 0.250. The Balaban J connectivity index is 2.11. The summed E-state index contributed by atoms with van der Waals surface area (Å²) in [5.41, 5.74) is 4.21. The van der Waals surface area contributed by atoms with Crippen molar-refractivity contribution in [1.82, 2.24) is 0 Å². The van der Waals surface area contributed by atoms with Gasteiger partial charge in [0.15, 0.2) is 0 Å².